The first kappa shape index (κ1) is 27.4. The summed E-state index contributed by atoms with van der Waals surface area (Å²) >= 11 is 1.50. The Hall–Kier alpha value is -3.76. The van der Waals surface area contributed by atoms with Crippen molar-refractivity contribution < 1.29 is 19.1 Å². The average molecular weight is 574 g/mol. The molecule has 4 aliphatic rings. The molecule has 2 saturated heterocycles. The minimum atomic E-state index is -0.223. The Morgan fingerprint density at radius 1 is 1.07 bits per heavy atom. The Balaban J connectivity index is 1.20. The molecule has 0 aromatic heterocycles. The molecular formula is C31H35N5O4S. The number of nitrogens with one attached hydrogen (secondary N) is 4. The lowest BCUT2D eigenvalue weighted by Gasteiger charge is -2.46. The summed E-state index contributed by atoms with van der Waals surface area (Å²) in [5, 5.41) is 12.8. The monoisotopic (exact) mass is 573 g/mol. The Morgan fingerprint density at radius 2 is 1.85 bits per heavy atom. The van der Waals surface area contributed by atoms with Gasteiger partial charge in [0.2, 0.25) is 5.91 Å². The van der Waals surface area contributed by atoms with E-state index in [9.17, 15) is 14.4 Å². The molecule has 3 heterocycles. The van der Waals surface area contributed by atoms with Gasteiger partial charge in [-0.2, -0.15) is 0 Å². The van der Waals surface area contributed by atoms with E-state index in [-0.39, 0.29) is 47.3 Å². The zero-order chi connectivity index (χ0) is 28.5. The van der Waals surface area contributed by atoms with Crippen molar-refractivity contribution in [3.05, 3.63) is 77.4 Å². The zero-order valence-corrected chi connectivity index (χ0v) is 23.8. The van der Waals surface area contributed by atoms with Crippen molar-refractivity contribution in [3.63, 3.8) is 0 Å². The van der Waals surface area contributed by atoms with Crippen LogP contribution in [0.4, 0.5) is 10.5 Å². The van der Waals surface area contributed by atoms with E-state index in [4.69, 9.17) is 4.74 Å². The number of thioether (sulfide) groups is 1. The Bertz CT molecular complexity index is 1400. The molecule has 1 saturated carbocycles. The smallest absolute Gasteiger partial charge is 0.326 e. The summed E-state index contributed by atoms with van der Waals surface area (Å²) in [6.45, 7) is 6.27. The summed E-state index contributed by atoms with van der Waals surface area (Å²) in [5.41, 5.74) is 2.49. The van der Waals surface area contributed by atoms with Gasteiger partial charge in [-0.3, -0.25) is 14.5 Å². The van der Waals surface area contributed by atoms with E-state index in [0.717, 1.165) is 49.2 Å². The van der Waals surface area contributed by atoms with E-state index in [0.29, 0.717) is 22.8 Å². The van der Waals surface area contributed by atoms with Crippen molar-refractivity contribution in [2.75, 3.05) is 11.4 Å². The van der Waals surface area contributed by atoms with E-state index in [1.54, 1.807) is 0 Å². The molecule has 3 aliphatic heterocycles. The summed E-state index contributed by atoms with van der Waals surface area (Å²) in [4.78, 5) is 41.4. The Kier molecular flexibility index (Phi) is 7.77. The van der Waals surface area contributed by atoms with Crippen LogP contribution in [0.2, 0.25) is 0 Å². The predicted octanol–water partition coefficient (Wildman–Crippen LogP) is 4.31. The molecule has 6 rings (SSSR count). The number of anilines is 1. The van der Waals surface area contributed by atoms with Gasteiger partial charge < -0.3 is 26.0 Å². The minimum absolute atomic E-state index is 0.000392. The van der Waals surface area contributed by atoms with E-state index >= 15 is 0 Å². The standard InChI is InChI=1S/C31H35N5O4S/c1-3-25(37)33-19-8-7-9-20(17-19)34-29(38)28-27-26-24(14-15-32-30(26)41-28)36(31(39)35-27)23-13-12-22(16-18(23)2)40-21-10-5-4-6-11-21/h3-6,10-13,16,19-20,24,26,30,32H,1,7-9,14-15,17H2,2H3,(H,33,37)(H,34,38)(H,35,39)/t19-,20+,24?,26?,30?/m1/s1. The van der Waals surface area contributed by atoms with Gasteiger partial charge in [-0.1, -0.05) is 36.5 Å². The third-order valence-corrected chi connectivity index (χ3v) is 9.65. The number of rotatable bonds is 7. The largest absolute Gasteiger partial charge is 0.457 e. The molecule has 0 radical (unpaired) electrons. The topological polar surface area (TPSA) is 112 Å². The number of carbonyl (C=O) groups is 3. The molecule has 4 amide bonds. The molecule has 2 aromatic carbocycles. The van der Waals surface area contributed by atoms with Crippen LogP contribution in [-0.4, -0.2) is 47.9 Å². The molecule has 4 N–H and O–H groups in total. The molecule has 0 bridgehead atoms. The fourth-order valence-electron chi connectivity index (χ4n) is 6.45. The number of hydrogen-bond donors (Lipinski definition) is 4. The third-order valence-electron chi connectivity index (χ3n) is 8.30. The number of hydrogen-bond acceptors (Lipinski definition) is 6. The third kappa shape index (κ3) is 5.58. The number of urea groups is 1. The number of benzene rings is 2. The second kappa shape index (κ2) is 11.6. The van der Waals surface area contributed by atoms with Gasteiger partial charge in [-0.25, -0.2) is 4.79 Å². The molecule has 3 unspecified atom stereocenters. The quantitative estimate of drug-likeness (QED) is 0.368. The maximum Gasteiger partial charge on any atom is 0.326 e. The number of amides is 4. The van der Waals surface area contributed by atoms with E-state index in [2.05, 4.69) is 27.8 Å². The molecular weight excluding hydrogens is 538 g/mol. The SMILES string of the molecule is C=CC(=O)N[C@@H]1CCC[C@H](NC(=O)C2=C3NC(=O)N(c4ccc(Oc5ccccc5)cc4C)C4CCNC(S2)C34)C1. The average Bonchev–Trinajstić information content (AvgIpc) is 3.34. The van der Waals surface area contributed by atoms with Crippen LogP contribution in [0.5, 0.6) is 11.5 Å². The molecule has 214 valence electrons. The maximum atomic E-state index is 13.6. The van der Waals surface area contributed by atoms with Crippen LogP contribution in [0.25, 0.3) is 0 Å². The molecule has 2 aromatic rings. The van der Waals surface area contributed by atoms with Gasteiger partial charge in [0, 0.05) is 29.4 Å². The highest BCUT2D eigenvalue weighted by atomic mass is 32.2. The first-order chi connectivity index (χ1) is 19.9. The van der Waals surface area contributed by atoms with Gasteiger partial charge in [0.05, 0.1) is 16.3 Å². The van der Waals surface area contributed by atoms with Crippen molar-refractivity contribution in [2.24, 2.45) is 5.92 Å². The van der Waals surface area contributed by atoms with Gasteiger partial charge in [0.1, 0.15) is 11.5 Å². The van der Waals surface area contributed by atoms with Crippen molar-refractivity contribution in [2.45, 2.75) is 62.5 Å². The van der Waals surface area contributed by atoms with Crippen molar-refractivity contribution in [1.82, 2.24) is 21.3 Å². The first-order valence-electron chi connectivity index (χ1n) is 14.2. The lowest BCUT2D eigenvalue weighted by atomic mass is 9.86. The zero-order valence-electron chi connectivity index (χ0n) is 23.0. The number of carbonyl (C=O) groups excluding carboxylic acids is 3. The summed E-state index contributed by atoms with van der Waals surface area (Å²) in [6.07, 6.45) is 5.39. The van der Waals surface area contributed by atoms with Gasteiger partial charge in [0.25, 0.3) is 5.91 Å². The first-order valence-corrected chi connectivity index (χ1v) is 15.1. The number of ether oxygens (including phenoxy) is 1. The Labute approximate surface area is 244 Å². The van der Waals surface area contributed by atoms with Crippen LogP contribution >= 0.6 is 11.8 Å². The Morgan fingerprint density at radius 3 is 2.61 bits per heavy atom. The van der Waals surface area contributed by atoms with Crippen LogP contribution in [0, 0.1) is 12.8 Å². The molecule has 3 fully saturated rings. The minimum Gasteiger partial charge on any atom is -0.457 e. The van der Waals surface area contributed by atoms with Crippen LogP contribution in [-0.2, 0) is 9.59 Å². The van der Waals surface area contributed by atoms with E-state index in [1.165, 1.54) is 17.8 Å². The van der Waals surface area contributed by atoms with Crippen LogP contribution < -0.4 is 30.9 Å². The number of aryl methyl sites for hydroxylation is 1. The van der Waals surface area contributed by atoms with Gasteiger partial charge in [-0.05, 0) is 87.5 Å². The highest BCUT2D eigenvalue weighted by molar-refractivity contribution is 8.04. The summed E-state index contributed by atoms with van der Waals surface area (Å²) in [6, 6.07) is 15.1. The fraction of sp³-hybridized carbons (Fsp3) is 0.387. The maximum absolute atomic E-state index is 13.6. The van der Waals surface area contributed by atoms with Crippen molar-refractivity contribution >= 4 is 35.3 Å². The van der Waals surface area contributed by atoms with Gasteiger partial charge in [-0.15, -0.1) is 0 Å². The van der Waals surface area contributed by atoms with Crippen LogP contribution in [0.1, 0.15) is 37.7 Å². The molecule has 0 spiro atoms. The number of nitrogens with zero attached hydrogens (tertiary/aromatic N) is 1. The number of para-hydroxylation sites is 1. The molecule has 41 heavy (non-hydrogen) atoms. The molecule has 5 atom stereocenters. The van der Waals surface area contributed by atoms with Crippen molar-refractivity contribution in [1.29, 1.82) is 0 Å². The summed E-state index contributed by atoms with van der Waals surface area (Å²) < 4.78 is 6.00. The molecule has 1 aliphatic carbocycles. The fourth-order valence-corrected chi connectivity index (χ4v) is 7.85. The second-order valence-electron chi connectivity index (χ2n) is 11.0. The highest BCUT2D eigenvalue weighted by Gasteiger charge is 2.52. The predicted molar refractivity (Wildman–Crippen MR) is 160 cm³/mol. The number of piperidine rings is 1. The van der Waals surface area contributed by atoms with Crippen molar-refractivity contribution in [3.8, 4) is 11.5 Å². The lowest BCUT2D eigenvalue weighted by molar-refractivity contribution is -0.117. The van der Waals surface area contributed by atoms with E-state index < -0.39 is 0 Å². The summed E-state index contributed by atoms with van der Waals surface area (Å²) in [7, 11) is 0. The van der Waals surface area contributed by atoms with Crippen LogP contribution in [0.3, 0.4) is 0 Å². The lowest BCUT2D eigenvalue weighted by Crippen LogP contribution is -2.62. The normalized spacial score (nSPS) is 27.0. The molecule has 10 heteroatoms. The van der Waals surface area contributed by atoms with E-state index in [1.807, 2.05) is 60.4 Å². The second-order valence-corrected chi connectivity index (χ2v) is 12.2. The highest BCUT2D eigenvalue weighted by Crippen LogP contribution is 2.48. The summed E-state index contributed by atoms with van der Waals surface area (Å²) in [5.74, 6) is 1.08. The van der Waals surface area contributed by atoms with Crippen LogP contribution in [0.15, 0.2) is 71.8 Å². The van der Waals surface area contributed by atoms with Gasteiger partial charge >= 0.3 is 6.03 Å². The van der Waals surface area contributed by atoms with Gasteiger partial charge in [0.15, 0.2) is 0 Å². The molecule has 9 nitrogen and oxygen atoms in total.